The molecular formula is C23H29ClFNO3. The molecule has 0 aliphatic carbocycles. The third-order valence-corrected chi connectivity index (χ3v) is 5.62. The van der Waals surface area contributed by atoms with E-state index in [2.05, 4.69) is 4.90 Å². The molecule has 2 aromatic rings. The van der Waals surface area contributed by atoms with Gasteiger partial charge in [0.15, 0.2) is 0 Å². The highest BCUT2D eigenvalue weighted by Crippen LogP contribution is 2.25. The highest BCUT2D eigenvalue weighted by molar-refractivity contribution is 6.30. The van der Waals surface area contributed by atoms with Crippen molar-refractivity contribution in [3.63, 3.8) is 0 Å². The maximum Gasteiger partial charge on any atom is 0.127 e. The largest absolute Gasteiger partial charge is 0.491 e. The van der Waals surface area contributed by atoms with Crippen LogP contribution < -0.4 is 4.74 Å². The van der Waals surface area contributed by atoms with E-state index in [9.17, 15) is 14.6 Å². The second-order valence-electron chi connectivity index (χ2n) is 7.66. The van der Waals surface area contributed by atoms with Gasteiger partial charge in [-0.2, -0.15) is 0 Å². The van der Waals surface area contributed by atoms with Crippen LogP contribution in [0.5, 0.6) is 5.75 Å². The van der Waals surface area contributed by atoms with Crippen molar-refractivity contribution in [3.05, 3.63) is 64.4 Å². The predicted molar refractivity (Wildman–Crippen MR) is 113 cm³/mol. The number of nitrogens with zero attached hydrogens (tertiary/aromatic N) is 1. The Bertz CT molecular complexity index is 788. The summed E-state index contributed by atoms with van der Waals surface area (Å²) in [4.78, 5) is 2.14. The number of benzene rings is 2. The van der Waals surface area contributed by atoms with Crippen molar-refractivity contribution in [1.29, 1.82) is 0 Å². The number of hydrogen-bond donors (Lipinski definition) is 2. The number of rotatable bonds is 2. The molecule has 0 saturated carbocycles. The second kappa shape index (κ2) is 10.9. The van der Waals surface area contributed by atoms with E-state index < -0.39 is 12.2 Å². The summed E-state index contributed by atoms with van der Waals surface area (Å²) in [5, 5.41) is 21.3. The van der Waals surface area contributed by atoms with Crippen LogP contribution in [0.15, 0.2) is 42.5 Å². The fourth-order valence-electron chi connectivity index (χ4n) is 3.64. The monoisotopic (exact) mass is 421 g/mol. The fourth-order valence-corrected chi connectivity index (χ4v) is 3.84. The standard InChI is InChI=1S/C23H29ClFNO3/c24-19-9-10-23-17(14-19)6-2-1-5-12-26(13-11-21(27)22(28)16-29-23)15-18-7-3-4-8-20(18)25/h3-4,7-10,14,21-22,27-28H,1-2,5-6,11-13,15-16H2/t21-,22+/m0/s1. The summed E-state index contributed by atoms with van der Waals surface area (Å²) in [6, 6.07) is 12.3. The lowest BCUT2D eigenvalue weighted by molar-refractivity contribution is -0.0163. The van der Waals surface area contributed by atoms with Gasteiger partial charge in [-0.25, -0.2) is 4.39 Å². The van der Waals surface area contributed by atoms with Crippen LogP contribution in [0.2, 0.25) is 5.02 Å². The number of aliphatic hydroxyl groups excluding tert-OH is 2. The van der Waals surface area contributed by atoms with Crippen molar-refractivity contribution >= 4 is 11.6 Å². The summed E-state index contributed by atoms with van der Waals surface area (Å²) in [5.41, 5.74) is 1.66. The Morgan fingerprint density at radius 1 is 1.03 bits per heavy atom. The van der Waals surface area contributed by atoms with Crippen LogP contribution >= 0.6 is 11.6 Å². The lowest BCUT2D eigenvalue weighted by atomic mass is 10.0. The molecule has 0 amide bonds. The van der Waals surface area contributed by atoms with Gasteiger partial charge in [-0.3, -0.25) is 4.90 Å². The molecule has 2 atom stereocenters. The predicted octanol–water partition coefficient (Wildman–Crippen LogP) is 4.20. The van der Waals surface area contributed by atoms with Gasteiger partial charge in [0.1, 0.15) is 24.3 Å². The number of halogens is 2. The third-order valence-electron chi connectivity index (χ3n) is 5.39. The first-order chi connectivity index (χ1) is 14.0. The molecule has 1 aliphatic heterocycles. The minimum atomic E-state index is -0.989. The number of aryl methyl sites for hydroxylation is 1. The summed E-state index contributed by atoms with van der Waals surface area (Å²) in [7, 11) is 0. The number of hydrogen-bond acceptors (Lipinski definition) is 4. The summed E-state index contributed by atoms with van der Waals surface area (Å²) in [6.45, 7) is 1.91. The molecule has 0 saturated heterocycles. The Balaban J connectivity index is 1.68. The Morgan fingerprint density at radius 2 is 1.86 bits per heavy atom. The number of aliphatic hydroxyl groups is 2. The van der Waals surface area contributed by atoms with Crippen LogP contribution in [-0.4, -0.2) is 47.0 Å². The quantitative estimate of drug-likeness (QED) is 0.763. The van der Waals surface area contributed by atoms with Gasteiger partial charge in [0.05, 0.1) is 6.10 Å². The van der Waals surface area contributed by atoms with Crippen molar-refractivity contribution in [1.82, 2.24) is 4.90 Å². The lowest BCUT2D eigenvalue weighted by Crippen LogP contribution is -2.36. The van der Waals surface area contributed by atoms with Crippen molar-refractivity contribution in [3.8, 4) is 5.75 Å². The molecule has 0 bridgehead atoms. The average Bonchev–Trinajstić information content (AvgIpc) is 2.71. The zero-order valence-corrected chi connectivity index (χ0v) is 17.3. The zero-order valence-electron chi connectivity index (χ0n) is 16.6. The van der Waals surface area contributed by atoms with Gasteiger partial charge in [0.2, 0.25) is 0 Å². The highest BCUT2D eigenvalue weighted by Gasteiger charge is 2.20. The van der Waals surface area contributed by atoms with Crippen LogP contribution in [0.25, 0.3) is 0 Å². The molecule has 1 aliphatic rings. The maximum absolute atomic E-state index is 14.1. The summed E-state index contributed by atoms with van der Waals surface area (Å²) < 4.78 is 19.8. The summed E-state index contributed by atoms with van der Waals surface area (Å²) in [5.74, 6) is 0.494. The molecule has 6 heteroatoms. The molecule has 2 aromatic carbocycles. The van der Waals surface area contributed by atoms with Crippen LogP contribution in [0, 0.1) is 5.82 Å². The van der Waals surface area contributed by atoms with E-state index in [1.807, 2.05) is 18.2 Å². The molecule has 3 rings (SSSR count). The average molecular weight is 422 g/mol. The number of fused-ring (bicyclic) bond motifs is 1. The zero-order chi connectivity index (χ0) is 20.6. The number of ether oxygens (including phenoxy) is 1. The molecule has 0 fully saturated rings. The molecular weight excluding hydrogens is 393 g/mol. The van der Waals surface area contributed by atoms with Gasteiger partial charge in [0, 0.05) is 23.7 Å². The van der Waals surface area contributed by atoms with Gasteiger partial charge in [-0.1, -0.05) is 36.2 Å². The highest BCUT2D eigenvalue weighted by atomic mass is 35.5. The van der Waals surface area contributed by atoms with Crippen molar-refractivity contribution in [2.24, 2.45) is 0 Å². The van der Waals surface area contributed by atoms with E-state index in [0.717, 1.165) is 37.8 Å². The molecule has 4 nitrogen and oxygen atoms in total. The van der Waals surface area contributed by atoms with Gasteiger partial charge >= 0.3 is 0 Å². The van der Waals surface area contributed by atoms with Crippen LogP contribution in [0.1, 0.15) is 36.8 Å². The first-order valence-corrected chi connectivity index (χ1v) is 10.6. The lowest BCUT2D eigenvalue weighted by Gasteiger charge is -2.26. The summed E-state index contributed by atoms with van der Waals surface area (Å²) in [6.07, 6.45) is 2.34. The first kappa shape index (κ1) is 22.0. The topological polar surface area (TPSA) is 52.9 Å². The molecule has 0 unspecified atom stereocenters. The van der Waals surface area contributed by atoms with E-state index >= 15 is 0 Å². The Labute approximate surface area is 176 Å². The normalized spacial score (nSPS) is 22.3. The fraction of sp³-hybridized carbons (Fsp3) is 0.478. The summed E-state index contributed by atoms with van der Waals surface area (Å²) >= 11 is 6.13. The van der Waals surface area contributed by atoms with Gasteiger partial charge in [0.25, 0.3) is 0 Å². The Kier molecular flexibility index (Phi) is 8.30. The minimum absolute atomic E-state index is 0.0170. The van der Waals surface area contributed by atoms with Crippen LogP contribution in [0.4, 0.5) is 4.39 Å². The second-order valence-corrected chi connectivity index (χ2v) is 8.10. The van der Waals surface area contributed by atoms with Gasteiger partial charge in [-0.05, 0) is 62.1 Å². The minimum Gasteiger partial charge on any atom is -0.491 e. The van der Waals surface area contributed by atoms with Gasteiger partial charge < -0.3 is 14.9 Å². The SMILES string of the molecule is O[C@@H]1COc2ccc(Cl)cc2CCCCCN(Cc2ccccc2F)CC[C@@H]1O. The van der Waals surface area contributed by atoms with Crippen molar-refractivity contribution in [2.75, 3.05) is 19.7 Å². The van der Waals surface area contributed by atoms with E-state index in [4.69, 9.17) is 16.3 Å². The molecule has 29 heavy (non-hydrogen) atoms. The third kappa shape index (κ3) is 6.68. The van der Waals surface area contributed by atoms with Crippen LogP contribution in [0.3, 0.4) is 0 Å². The smallest absolute Gasteiger partial charge is 0.127 e. The van der Waals surface area contributed by atoms with E-state index in [0.29, 0.717) is 35.8 Å². The van der Waals surface area contributed by atoms with E-state index in [-0.39, 0.29) is 12.4 Å². The van der Waals surface area contributed by atoms with Gasteiger partial charge in [-0.15, -0.1) is 0 Å². The molecule has 2 N–H and O–H groups in total. The Morgan fingerprint density at radius 3 is 2.69 bits per heavy atom. The Hall–Kier alpha value is -1.66. The van der Waals surface area contributed by atoms with E-state index in [1.165, 1.54) is 6.07 Å². The molecule has 158 valence electrons. The van der Waals surface area contributed by atoms with Crippen molar-refractivity contribution < 1.29 is 19.3 Å². The first-order valence-electron chi connectivity index (χ1n) is 10.3. The van der Waals surface area contributed by atoms with E-state index in [1.54, 1.807) is 18.2 Å². The molecule has 1 heterocycles. The maximum atomic E-state index is 14.1. The molecule has 0 spiro atoms. The molecule has 0 radical (unpaired) electrons. The van der Waals surface area contributed by atoms with Crippen molar-refractivity contribution in [2.45, 2.75) is 50.9 Å². The van der Waals surface area contributed by atoms with Crippen LogP contribution in [-0.2, 0) is 13.0 Å². The molecule has 0 aromatic heterocycles.